The molecule has 1 saturated carbocycles. The number of nitrogens with two attached hydrogens (primary N) is 1. The van der Waals surface area contributed by atoms with Crippen molar-refractivity contribution in [2.75, 3.05) is 19.8 Å². The third-order valence-electron chi connectivity index (χ3n) is 3.91. The maximum atomic E-state index is 11.8. The highest BCUT2D eigenvalue weighted by atomic mass is 35.5. The molecule has 3 N–H and O–H groups in total. The maximum Gasteiger partial charge on any atom is 0.248 e. The molecule has 5 nitrogen and oxygen atoms in total. The van der Waals surface area contributed by atoms with E-state index in [1.807, 2.05) is 0 Å². The van der Waals surface area contributed by atoms with Gasteiger partial charge in [0.05, 0.1) is 12.7 Å². The average Bonchev–Trinajstić information content (AvgIpc) is 3.27. The number of hydrogen-bond acceptors (Lipinski definition) is 4. The van der Waals surface area contributed by atoms with E-state index in [0.717, 1.165) is 19.4 Å². The van der Waals surface area contributed by atoms with Crippen LogP contribution in [0.4, 0.5) is 0 Å². The van der Waals surface area contributed by atoms with E-state index >= 15 is 0 Å². The van der Waals surface area contributed by atoms with Crippen LogP contribution in [0.3, 0.4) is 0 Å². The van der Waals surface area contributed by atoms with Crippen LogP contribution in [0.25, 0.3) is 0 Å². The lowest BCUT2D eigenvalue weighted by molar-refractivity contribution is -0.135. The van der Waals surface area contributed by atoms with E-state index in [1.165, 1.54) is 19.3 Å². The molecule has 1 aliphatic carbocycles. The summed E-state index contributed by atoms with van der Waals surface area (Å²) in [6.45, 7) is 3.64. The van der Waals surface area contributed by atoms with Gasteiger partial charge in [0.2, 0.25) is 5.91 Å². The summed E-state index contributed by atoms with van der Waals surface area (Å²) in [5.41, 5.74) is 5.94. The van der Waals surface area contributed by atoms with Crippen LogP contribution in [-0.2, 0) is 14.3 Å². The van der Waals surface area contributed by atoms with Gasteiger partial charge in [0.1, 0.15) is 6.10 Å². The van der Waals surface area contributed by atoms with Crippen molar-refractivity contribution in [3.8, 4) is 0 Å². The van der Waals surface area contributed by atoms with Gasteiger partial charge in [0.15, 0.2) is 0 Å². The average molecular weight is 307 g/mol. The lowest BCUT2D eigenvalue weighted by Crippen LogP contribution is -2.43. The molecular formula is C14H27ClN2O3. The van der Waals surface area contributed by atoms with Crippen molar-refractivity contribution in [2.45, 2.75) is 57.3 Å². The van der Waals surface area contributed by atoms with Crippen molar-refractivity contribution in [2.24, 2.45) is 11.7 Å². The van der Waals surface area contributed by atoms with Crippen molar-refractivity contribution >= 4 is 18.3 Å². The summed E-state index contributed by atoms with van der Waals surface area (Å²) in [4.78, 5) is 11.8. The summed E-state index contributed by atoms with van der Waals surface area (Å²) >= 11 is 0. The second-order valence-electron chi connectivity index (χ2n) is 5.71. The zero-order chi connectivity index (χ0) is 13.7. The minimum absolute atomic E-state index is 0. The largest absolute Gasteiger partial charge is 0.376 e. The zero-order valence-electron chi connectivity index (χ0n) is 12.2. The molecule has 1 saturated heterocycles. The standard InChI is InChI=1S/C14H26N2O3.ClH/c1-10(19-9-12-4-2-3-7-18-12)14(17)16-8-13(15)11-5-6-11;/h10-13H,2-9,15H2,1H3,(H,16,17);1H. The molecule has 1 aliphatic heterocycles. The predicted molar refractivity (Wildman–Crippen MR) is 80.0 cm³/mol. The van der Waals surface area contributed by atoms with Gasteiger partial charge in [-0.1, -0.05) is 0 Å². The Morgan fingerprint density at radius 3 is 2.75 bits per heavy atom. The fourth-order valence-electron chi connectivity index (χ4n) is 2.32. The second kappa shape index (κ2) is 8.82. The number of rotatable bonds is 7. The molecule has 0 aromatic rings. The van der Waals surface area contributed by atoms with E-state index in [1.54, 1.807) is 6.92 Å². The first-order chi connectivity index (χ1) is 9.16. The summed E-state index contributed by atoms with van der Waals surface area (Å²) in [5, 5.41) is 2.86. The Morgan fingerprint density at radius 2 is 2.15 bits per heavy atom. The Labute approximate surface area is 127 Å². The first-order valence-electron chi connectivity index (χ1n) is 7.43. The summed E-state index contributed by atoms with van der Waals surface area (Å²) in [6, 6.07) is 0.0952. The zero-order valence-corrected chi connectivity index (χ0v) is 13.0. The van der Waals surface area contributed by atoms with Crippen molar-refractivity contribution in [1.82, 2.24) is 5.32 Å². The first-order valence-corrected chi connectivity index (χ1v) is 7.43. The number of halogens is 1. The SMILES string of the molecule is CC(OCC1CCCCO1)C(=O)NCC(N)C1CC1.Cl. The minimum Gasteiger partial charge on any atom is -0.376 e. The van der Waals surface area contributed by atoms with Crippen LogP contribution in [0.1, 0.15) is 39.0 Å². The van der Waals surface area contributed by atoms with Crippen LogP contribution in [0.5, 0.6) is 0 Å². The highest BCUT2D eigenvalue weighted by Gasteiger charge is 2.29. The molecule has 1 heterocycles. The number of hydrogen-bond donors (Lipinski definition) is 2. The molecule has 118 valence electrons. The molecule has 2 rings (SSSR count). The van der Waals surface area contributed by atoms with Gasteiger partial charge >= 0.3 is 0 Å². The molecule has 0 radical (unpaired) electrons. The van der Waals surface area contributed by atoms with Gasteiger partial charge in [-0.05, 0) is 44.9 Å². The van der Waals surface area contributed by atoms with Crippen molar-refractivity contribution in [3.05, 3.63) is 0 Å². The third-order valence-corrected chi connectivity index (χ3v) is 3.91. The number of nitrogens with one attached hydrogen (secondary N) is 1. The molecule has 0 aromatic heterocycles. The van der Waals surface area contributed by atoms with Gasteiger partial charge in [-0.2, -0.15) is 0 Å². The molecule has 20 heavy (non-hydrogen) atoms. The summed E-state index contributed by atoms with van der Waals surface area (Å²) in [7, 11) is 0. The van der Waals surface area contributed by atoms with E-state index in [0.29, 0.717) is 19.1 Å². The maximum absolute atomic E-state index is 11.8. The van der Waals surface area contributed by atoms with Gasteiger partial charge in [0, 0.05) is 19.2 Å². The highest BCUT2D eigenvalue weighted by Crippen LogP contribution is 2.31. The summed E-state index contributed by atoms with van der Waals surface area (Å²) in [6.07, 6.45) is 5.45. The molecule has 0 spiro atoms. The van der Waals surface area contributed by atoms with Crippen molar-refractivity contribution in [3.63, 3.8) is 0 Å². The smallest absolute Gasteiger partial charge is 0.248 e. The van der Waals surface area contributed by atoms with Crippen LogP contribution in [0.2, 0.25) is 0 Å². The number of ether oxygens (including phenoxy) is 2. The van der Waals surface area contributed by atoms with Gasteiger partial charge in [-0.15, -0.1) is 12.4 Å². The van der Waals surface area contributed by atoms with E-state index in [9.17, 15) is 4.79 Å². The number of carbonyl (C=O) groups is 1. The van der Waals surface area contributed by atoms with Gasteiger partial charge in [-0.3, -0.25) is 4.79 Å². The van der Waals surface area contributed by atoms with Crippen LogP contribution in [0.15, 0.2) is 0 Å². The minimum atomic E-state index is -0.433. The highest BCUT2D eigenvalue weighted by molar-refractivity contribution is 5.85. The van der Waals surface area contributed by atoms with Crippen LogP contribution >= 0.6 is 12.4 Å². The summed E-state index contributed by atoms with van der Waals surface area (Å²) < 4.78 is 11.1. The molecule has 3 unspecified atom stereocenters. The van der Waals surface area contributed by atoms with E-state index in [4.69, 9.17) is 15.2 Å². The fourth-order valence-corrected chi connectivity index (χ4v) is 2.32. The molecule has 0 bridgehead atoms. The third kappa shape index (κ3) is 5.95. The van der Waals surface area contributed by atoms with E-state index < -0.39 is 6.10 Å². The van der Waals surface area contributed by atoms with Crippen LogP contribution in [-0.4, -0.2) is 43.9 Å². The van der Waals surface area contributed by atoms with E-state index in [-0.39, 0.29) is 30.5 Å². The Bertz CT molecular complexity index is 294. The fraction of sp³-hybridized carbons (Fsp3) is 0.929. The Balaban J connectivity index is 0.00000200. The lowest BCUT2D eigenvalue weighted by Gasteiger charge is -2.24. The number of carbonyl (C=O) groups excluding carboxylic acids is 1. The van der Waals surface area contributed by atoms with Crippen LogP contribution in [0, 0.1) is 5.92 Å². The van der Waals surface area contributed by atoms with E-state index in [2.05, 4.69) is 5.32 Å². The molecular weight excluding hydrogens is 280 g/mol. The van der Waals surface area contributed by atoms with Crippen molar-refractivity contribution in [1.29, 1.82) is 0 Å². The van der Waals surface area contributed by atoms with Gasteiger partial charge < -0.3 is 20.5 Å². The molecule has 6 heteroatoms. The van der Waals surface area contributed by atoms with Gasteiger partial charge in [-0.25, -0.2) is 0 Å². The second-order valence-corrected chi connectivity index (χ2v) is 5.71. The monoisotopic (exact) mass is 306 g/mol. The van der Waals surface area contributed by atoms with Crippen molar-refractivity contribution < 1.29 is 14.3 Å². The quantitative estimate of drug-likeness (QED) is 0.742. The molecule has 2 fully saturated rings. The lowest BCUT2D eigenvalue weighted by atomic mass is 10.1. The molecule has 0 aromatic carbocycles. The molecule has 2 aliphatic rings. The van der Waals surface area contributed by atoms with Gasteiger partial charge in [0.25, 0.3) is 0 Å². The Morgan fingerprint density at radius 1 is 1.40 bits per heavy atom. The predicted octanol–water partition coefficient (Wildman–Crippen LogP) is 1.24. The first kappa shape index (κ1) is 17.7. The molecule has 1 amide bonds. The Hall–Kier alpha value is -0.360. The normalized spacial score (nSPS) is 25.4. The topological polar surface area (TPSA) is 73.6 Å². The number of amides is 1. The molecule has 3 atom stereocenters. The summed E-state index contributed by atoms with van der Waals surface area (Å²) in [5.74, 6) is 0.527. The Kier molecular flexibility index (Phi) is 7.80. The van der Waals surface area contributed by atoms with Crippen LogP contribution < -0.4 is 11.1 Å².